The number of hydrogen-bond acceptors (Lipinski definition) is 4. The first kappa shape index (κ1) is 20.3. The number of anilines is 1. The van der Waals surface area contributed by atoms with Crippen LogP contribution in [0.4, 0.5) is 10.5 Å². The van der Waals surface area contributed by atoms with Crippen LogP contribution in [-0.4, -0.2) is 47.9 Å². The Morgan fingerprint density at radius 3 is 2.40 bits per heavy atom. The van der Waals surface area contributed by atoms with Gasteiger partial charge in [0.25, 0.3) is 11.8 Å². The second-order valence-corrected chi connectivity index (χ2v) is 8.03. The Bertz CT molecular complexity index is 934. The molecule has 30 heavy (non-hydrogen) atoms. The molecule has 9 heteroatoms. The quantitative estimate of drug-likeness (QED) is 0.677. The molecule has 158 valence electrons. The fraction of sp³-hybridized carbons (Fsp3) is 0.381. The predicted octanol–water partition coefficient (Wildman–Crippen LogP) is 3.25. The second kappa shape index (κ2) is 8.79. The van der Waals surface area contributed by atoms with Gasteiger partial charge in [0.15, 0.2) is 0 Å². The summed E-state index contributed by atoms with van der Waals surface area (Å²) in [5.74, 6) is -0.300. The van der Waals surface area contributed by atoms with Crippen molar-refractivity contribution in [3.63, 3.8) is 0 Å². The van der Waals surface area contributed by atoms with Crippen molar-refractivity contribution in [2.75, 3.05) is 18.4 Å². The molecule has 2 fully saturated rings. The van der Waals surface area contributed by atoms with Gasteiger partial charge in [0.05, 0.1) is 22.4 Å². The van der Waals surface area contributed by atoms with Gasteiger partial charge in [0.1, 0.15) is 6.26 Å². The van der Waals surface area contributed by atoms with Gasteiger partial charge in [-0.1, -0.05) is 11.6 Å². The van der Waals surface area contributed by atoms with Crippen molar-refractivity contribution >= 4 is 35.1 Å². The van der Waals surface area contributed by atoms with Gasteiger partial charge in [-0.2, -0.15) is 0 Å². The van der Waals surface area contributed by atoms with Gasteiger partial charge in [0, 0.05) is 30.9 Å². The second-order valence-electron chi connectivity index (χ2n) is 7.62. The molecule has 0 bridgehead atoms. The number of nitrogens with zero attached hydrogens (tertiary/aromatic N) is 1. The van der Waals surface area contributed by atoms with E-state index < -0.39 is 0 Å². The van der Waals surface area contributed by atoms with Crippen molar-refractivity contribution in [2.45, 2.75) is 37.8 Å². The van der Waals surface area contributed by atoms with E-state index in [0.717, 1.165) is 12.8 Å². The average Bonchev–Trinajstić information content (AvgIpc) is 3.37. The Hall–Kier alpha value is -3.00. The van der Waals surface area contributed by atoms with E-state index in [1.54, 1.807) is 29.2 Å². The normalized spacial score (nSPS) is 16.8. The molecule has 2 aliphatic rings. The van der Waals surface area contributed by atoms with Crippen molar-refractivity contribution < 1.29 is 18.8 Å². The Morgan fingerprint density at radius 2 is 1.73 bits per heavy atom. The molecule has 0 atom stereocenters. The lowest BCUT2D eigenvalue weighted by atomic mass is 10.0. The van der Waals surface area contributed by atoms with Crippen molar-refractivity contribution in [1.82, 2.24) is 15.5 Å². The maximum atomic E-state index is 12.4. The Balaban J connectivity index is 1.28. The SMILES string of the molecule is O=C(Nc1ccc(Cl)c(C(=O)NC2CC2)c1)NC1CCN(C(=O)c2ccoc2)CC1. The molecule has 1 aliphatic heterocycles. The summed E-state index contributed by atoms with van der Waals surface area (Å²) in [6.07, 6.45) is 6.20. The number of rotatable bonds is 5. The van der Waals surface area contributed by atoms with Gasteiger partial charge in [-0.05, 0) is 49.9 Å². The number of hydrogen-bond donors (Lipinski definition) is 3. The van der Waals surface area contributed by atoms with E-state index >= 15 is 0 Å². The number of carbonyl (C=O) groups is 3. The average molecular weight is 431 g/mol. The van der Waals surface area contributed by atoms with Crippen LogP contribution >= 0.6 is 11.6 Å². The highest BCUT2D eigenvalue weighted by Crippen LogP contribution is 2.24. The zero-order chi connectivity index (χ0) is 21.1. The minimum absolute atomic E-state index is 0.0386. The minimum Gasteiger partial charge on any atom is -0.472 e. The third-order valence-corrected chi connectivity index (χ3v) is 5.60. The van der Waals surface area contributed by atoms with E-state index in [2.05, 4.69) is 16.0 Å². The number of carbonyl (C=O) groups excluding carboxylic acids is 3. The molecule has 3 N–H and O–H groups in total. The third kappa shape index (κ3) is 4.94. The number of furan rings is 1. The van der Waals surface area contributed by atoms with Gasteiger partial charge in [-0.25, -0.2) is 4.79 Å². The number of nitrogens with one attached hydrogen (secondary N) is 3. The predicted molar refractivity (Wildman–Crippen MR) is 112 cm³/mol. The van der Waals surface area contributed by atoms with E-state index in [-0.39, 0.29) is 29.9 Å². The van der Waals surface area contributed by atoms with Gasteiger partial charge in [-0.15, -0.1) is 0 Å². The summed E-state index contributed by atoms with van der Waals surface area (Å²) >= 11 is 6.14. The van der Waals surface area contributed by atoms with E-state index in [1.807, 2.05) is 0 Å². The van der Waals surface area contributed by atoms with Crippen LogP contribution in [0.3, 0.4) is 0 Å². The van der Waals surface area contributed by atoms with E-state index in [1.165, 1.54) is 12.5 Å². The highest BCUT2D eigenvalue weighted by molar-refractivity contribution is 6.34. The summed E-state index contributed by atoms with van der Waals surface area (Å²) in [6, 6.07) is 6.30. The lowest BCUT2D eigenvalue weighted by Crippen LogP contribution is -2.47. The summed E-state index contributed by atoms with van der Waals surface area (Å²) in [4.78, 5) is 38.8. The van der Waals surface area contributed by atoms with Gasteiger partial charge >= 0.3 is 6.03 Å². The zero-order valence-corrected chi connectivity index (χ0v) is 17.1. The summed E-state index contributed by atoms with van der Waals surface area (Å²) in [6.45, 7) is 1.11. The van der Waals surface area contributed by atoms with Crippen LogP contribution in [0.2, 0.25) is 5.02 Å². The van der Waals surface area contributed by atoms with Crippen molar-refractivity contribution in [3.05, 3.63) is 52.9 Å². The maximum absolute atomic E-state index is 12.4. The van der Waals surface area contributed by atoms with Gasteiger partial charge < -0.3 is 25.3 Å². The number of urea groups is 1. The maximum Gasteiger partial charge on any atom is 0.319 e. The molecular formula is C21H23ClN4O4. The Morgan fingerprint density at radius 1 is 1.00 bits per heavy atom. The molecule has 1 aromatic carbocycles. The van der Waals surface area contributed by atoms with Crippen LogP contribution in [0.25, 0.3) is 0 Å². The number of benzene rings is 1. The van der Waals surface area contributed by atoms with E-state index in [4.69, 9.17) is 16.0 Å². The molecule has 4 rings (SSSR count). The first-order valence-electron chi connectivity index (χ1n) is 9.99. The number of piperidine rings is 1. The molecule has 1 aromatic heterocycles. The lowest BCUT2D eigenvalue weighted by molar-refractivity contribution is 0.0708. The fourth-order valence-corrected chi connectivity index (χ4v) is 3.62. The molecule has 1 aliphatic carbocycles. The smallest absolute Gasteiger partial charge is 0.319 e. The summed E-state index contributed by atoms with van der Waals surface area (Å²) < 4.78 is 4.96. The summed E-state index contributed by atoms with van der Waals surface area (Å²) in [7, 11) is 0. The monoisotopic (exact) mass is 430 g/mol. The van der Waals surface area contributed by atoms with Crippen LogP contribution in [0.1, 0.15) is 46.4 Å². The van der Waals surface area contributed by atoms with Gasteiger partial charge in [-0.3, -0.25) is 9.59 Å². The molecule has 0 spiro atoms. The molecule has 1 saturated heterocycles. The molecule has 1 saturated carbocycles. The third-order valence-electron chi connectivity index (χ3n) is 5.27. The fourth-order valence-electron chi connectivity index (χ4n) is 3.42. The number of amides is 4. The van der Waals surface area contributed by atoms with Crippen LogP contribution in [0, 0.1) is 0 Å². The number of halogens is 1. The van der Waals surface area contributed by atoms with Crippen LogP contribution < -0.4 is 16.0 Å². The largest absolute Gasteiger partial charge is 0.472 e. The van der Waals surface area contributed by atoms with Crippen molar-refractivity contribution in [2.24, 2.45) is 0 Å². The molecule has 0 radical (unpaired) electrons. The minimum atomic E-state index is -0.356. The first-order valence-corrected chi connectivity index (χ1v) is 10.4. The molecular weight excluding hydrogens is 408 g/mol. The summed E-state index contributed by atoms with van der Waals surface area (Å²) in [5, 5.41) is 8.91. The molecule has 4 amide bonds. The Kier molecular flexibility index (Phi) is 5.94. The topological polar surface area (TPSA) is 104 Å². The molecule has 2 aromatic rings. The van der Waals surface area contributed by atoms with E-state index in [0.29, 0.717) is 47.8 Å². The highest BCUT2D eigenvalue weighted by atomic mass is 35.5. The molecule has 0 unspecified atom stereocenters. The highest BCUT2D eigenvalue weighted by Gasteiger charge is 2.26. The van der Waals surface area contributed by atoms with Crippen molar-refractivity contribution in [3.8, 4) is 0 Å². The first-order chi connectivity index (χ1) is 14.5. The van der Waals surface area contributed by atoms with E-state index in [9.17, 15) is 14.4 Å². The number of likely N-dealkylation sites (tertiary alicyclic amines) is 1. The molecule has 8 nitrogen and oxygen atoms in total. The standard InChI is InChI=1S/C21H23ClN4O4/c22-18-4-3-16(11-17(18)19(27)23-14-1-2-14)25-21(29)24-15-5-8-26(9-6-15)20(28)13-7-10-30-12-13/h3-4,7,10-12,14-15H,1-2,5-6,8-9H2,(H,23,27)(H2,24,25,29). The molecule has 2 heterocycles. The zero-order valence-electron chi connectivity index (χ0n) is 16.3. The van der Waals surface area contributed by atoms with Crippen LogP contribution in [0.15, 0.2) is 41.2 Å². The lowest BCUT2D eigenvalue weighted by Gasteiger charge is -2.32. The Labute approximate surface area is 178 Å². The van der Waals surface area contributed by atoms with Gasteiger partial charge in [0.2, 0.25) is 0 Å². The van der Waals surface area contributed by atoms with Crippen LogP contribution in [0.5, 0.6) is 0 Å². The van der Waals surface area contributed by atoms with Crippen molar-refractivity contribution in [1.29, 1.82) is 0 Å². The summed E-state index contributed by atoms with van der Waals surface area (Å²) in [5.41, 5.74) is 1.36. The van der Waals surface area contributed by atoms with Crippen LogP contribution in [-0.2, 0) is 0 Å².